The lowest BCUT2D eigenvalue weighted by atomic mass is 10.0. The molecule has 0 saturated heterocycles. The van der Waals surface area contributed by atoms with Gasteiger partial charge in [-0.15, -0.1) is 0 Å². The minimum absolute atomic E-state index is 0.725. The van der Waals surface area contributed by atoms with E-state index in [9.17, 15) is 0 Å². The molecular formula is C32H24N6. The SMILES string of the molecule is Nc1ccc(-c2c3nc(cc4nc(c(-c5ccc(N)cc5)c5ccc(cc6ccc2[nH]6)[nH]5)C=C4)C=C3)cc1. The molecule has 0 radical (unpaired) electrons. The second kappa shape index (κ2) is 8.64. The number of nitrogen functional groups attached to an aromatic ring is 2. The van der Waals surface area contributed by atoms with E-state index < -0.39 is 0 Å². The van der Waals surface area contributed by atoms with E-state index in [0.717, 1.165) is 78.5 Å². The first-order valence-corrected chi connectivity index (χ1v) is 12.4. The fourth-order valence-electron chi connectivity index (χ4n) is 4.98. The number of rotatable bonds is 2. The van der Waals surface area contributed by atoms with Crippen molar-refractivity contribution in [1.29, 1.82) is 0 Å². The summed E-state index contributed by atoms with van der Waals surface area (Å²) >= 11 is 0. The van der Waals surface area contributed by atoms with Gasteiger partial charge in [-0.1, -0.05) is 24.3 Å². The normalized spacial score (nSPS) is 12.2. The molecule has 5 heterocycles. The molecule has 2 aromatic carbocycles. The zero-order chi connectivity index (χ0) is 25.6. The van der Waals surface area contributed by atoms with Crippen LogP contribution >= 0.6 is 0 Å². The number of anilines is 2. The van der Waals surface area contributed by atoms with Gasteiger partial charge in [-0.25, -0.2) is 9.97 Å². The van der Waals surface area contributed by atoms with Gasteiger partial charge in [-0.2, -0.15) is 0 Å². The van der Waals surface area contributed by atoms with Crippen molar-refractivity contribution in [2.75, 3.05) is 11.5 Å². The van der Waals surface area contributed by atoms with Crippen molar-refractivity contribution < 1.29 is 0 Å². The van der Waals surface area contributed by atoms with Crippen LogP contribution in [0.15, 0.2) is 84.9 Å². The summed E-state index contributed by atoms with van der Waals surface area (Å²) in [6, 6.07) is 28.2. The van der Waals surface area contributed by atoms with E-state index in [1.807, 2.05) is 78.9 Å². The highest BCUT2D eigenvalue weighted by Gasteiger charge is 2.13. The van der Waals surface area contributed by atoms with E-state index >= 15 is 0 Å². The third-order valence-electron chi connectivity index (χ3n) is 6.80. The molecule has 6 heteroatoms. The third-order valence-corrected chi connectivity index (χ3v) is 6.80. The van der Waals surface area contributed by atoms with Crippen LogP contribution in [0.1, 0.15) is 22.8 Å². The number of benzene rings is 2. The number of hydrogen-bond acceptors (Lipinski definition) is 4. The summed E-state index contributed by atoms with van der Waals surface area (Å²) in [5, 5.41) is 0. The van der Waals surface area contributed by atoms with Crippen LogP contribution in [-0.2, 0) is 0 Å². The smallest absolute Gasteiger partial charge is 0.0736 e. The van der Waals surface area contributed by atoms with Crippen LogP contribution < -0.4 is 11.5 Å². The Morgan fingerprint density at radius 1 is 0.474 bits per heavy atom. The zero-order valence-electron chi connectivity index (χ0n) is 20.4. The molecule has 0 saturated carbocycles. The van der Waals surface area contributed by atoms with Crippen LogP contribution in [-0.4, -0.2) is 19.9 Å². The molecule has 6 nitrogen and oxygen atoms in total. The maximum absolute atomic E-state index is 5.97. The monoisotopic (exact) mass is 492 g/mol. The standard InChI is InChI=1S/C32H24N6/c33-21-5-1-19(2-6-21)31-27-13-9-23(35-27)17-25-11-15-29(37-25)32(20-3-7-22(34)8-4-20)30-16-12-26(38-30)18-24-10-14-28(31)36-24/h1-18,35,37H,33-34H2. The predicted octanol–water partition coefficient (Wildman–Crippen LogP) is 7.15. The van der Waals surface area contributed by atoms with Crippen molar-refractivity contribution >= 4 is 57.7 Å². The fourth-order valence-corrected chi connectivity index (χ4v) is 4.98. The molecule has 6 N–H and O–H groups in total. The summed E-state index contributed by atoms with van der Waals surface area (Å²) in [5.41, 5.74) is 24.9. The number of nitrogens with zero attached hydrogens (tertiary/aromatic N) is 2. The number of H-pyrrole nitrogens is 2. The summed E-state index contributed by atoms with van der Waals surface area (Å²) in [7, 11) is 0. The van der Waals surface area contributed by atoms with Gasteiger partial charge in [-0.05, 0) is 96.1 Å². The van der Waals surface area contributed by atoms with Crippen molar-refractivity contribution in [3.63, 3.8) is 0 Å². The van der Waals surface area contributed by atoms with E-state index in [1.165, 1.54) is 0 Å². The molecule has 5 aromatic rings. The lowest BCUT2D eigenvalue weighted by molar-refractivity contribution is 1.28. The number of nitrogens with two attached hydrogens (primary N) is 2. The Morgan fingerprint density at radius 2 is 0.921 bits per heavy atom. The van der Waals surface area contributed by atoms with Crippen LogP contribution in [0.5, 0.6) is 0 Å². The highest BCUT2D eigenvalue weighted by molar-refractivity contribution is 5.93. The van der Waals surface area contributed by atoms with Gasteiger partial charge in [0.25, 0.3) is 0 Å². The molecule has 2 aliphatic heterocycles. The Labute approximate surface area is 219 Å². The number of fused-ring (bicyclic) bond motifs is 8. The Balaban J connectivity index is 1.56. The van der Waals surface area contributed by atoms with Gasteiger partial charge in [0.05, 0.1) is 22.8 Å². The average molecular weight is 493 g/mol. The van der Waals surface area contributed by atoms with Gasteiger partial charge < -0.3 is 21.4 Å². The molecule has 182 valence electrons. The first kappa shape index (κ1) is 21.9. The maximum Gasteiger partial charge on any atom is 0.0736 e. The fraction of sp³-hybridized carbons (Fsp3) is 0. The molecule has 3 aromatic heterocycles. The first-order chi connectivity index (χ1) is 18.6. The molecule has 0 unspecified atom stereocenters. The summed E-state index contributed by atoms with van der Waals surface area (Å²) in [4.78, 5) is 17.1. The minimum atomic E-state index is 0.725. The van der Waals surface area contributed by atoms with Gasteiger partial charge in [0.1, 0.15) is 0 Å². The average Bonchev–Trinajstić information content (AvgIpc) is 3.72. The number of nitrogens with one attached hydrogen (secondary N) is 2. The van der Waals surface area contributed by atoms with E-state index in [0.29, 0.717) is 0 Å². The number of aromatic nitrogens is 4. The van der Waals surface area contributed by atoms with E-state index in [2.05, 4.69) is 40.3 Å². The number of hydrogen-bond donors (Lipinski definition) is 4. The van der Waals surface area contributed by atoms with Crippen LogP contribution in [0.2, 0.25) is 0 Å². The molecule has 8 bridgehead atoms. The molecule has 0 atom stereocenters. The molecule has 7 rings (SSSR count). The predicted molar refractivity (Wildman–Crippen MR) is 159 cm³/mol. The maximum atomic E-state index is 5.97. The van der Waals surface area contributed by atoms with Crippen LogP contribution in [0.4, 0.5) is 11.4 Å². The van der Waals surface area contributed by atoms with Crippen LogP contribution in [0.3, 0.4) is 0 Å². The number of aromatic amines is 2. The Kier molecular flexibility index (Phi) is 4.97. The van der Waals surface area contributed by atoms with Gasteiger partial charge in [0, 0.05) is 44.6 Å². The van der Waals surface area contributed by atoms with Crippen LogP contribution in [0, 0.1) is 0 Å². The topological polar surface area (TPSA) is 109 Å². The Morgan fingerprint density at radius 3 is 1.37 bits per heavy atom. The van der Waals surface area contributed by atoms with Crippen molar-refractivity contribution in [2.24, 2.45) is 0 Å². The molecule has 0 fully saturated rings. The molecule has 0 aliphatic carbocycles. The summed E-state index contributed by atoms with van der Waals surface area (Å²) < 4.78 is 0. The second-order valence-corrected chi connectivity index (χ2v) is 9.45. The third kappa shape index (κ3) is 3.94. The Bertz CT molecular complexity index is 1780. The van der Waals surface area contributed by atoms with Crippen molar-refractivity contribution in [1.82, 2.24) is 19.9 Å². The van der Waals surface area contributed by atoms with Crippen molar-refractivity contribution in [3.05, 3.63) is 108 Å². The lowest BCUT2D eigenvalue weighted by Gasteiger charge is -2.04. The first-order valence-electron chi connectivity index (χ1n) is 12.4. The van der Waals surface area contributed by atoms with Crippen LogP contribution in [0.25, 0.3) is 68.6 Å². The zero-order valence-corrected chi connectivity index (χ0v) is 20.4. The van der Waals surface area contributed by atoms with E-state index in [4.69, 9.17) is 21.4 Å². The summed E-state index contributed by atoms with van der Waals surface area (Å²) in [6.45, 7) is 0. The van der Waals surface area contributed by atoms with Gasteiger partial charge in [0.15, 0.2) is 0 Å². The van der Waals surface area contributed by atoms with Gasteiger partial charge in [0.2, 0.25) is 0 Å². The largest absolute Gasteiger partial charge is 0.399 e. The van der Waals surface area contributed by atoms with Gasteiger partial charge in [-0.3, -0.25) is 0 Å². The van der Waals surface area contributed by atoms with Gasteiger partial charge >= 0.3 is 0 Å². The summed E-state index contributed by atoms with van der Waals surface area (Å²) in [5.74, 6) is 0. The van der Waals surface area contributed by atoms with Crippen molar-refractivity contribution in [2.45, 2.75) is 0 Å². The molecule has 2 aliphatic rings. The minimum Gasteiger partial charge on any atom is -0.399 e. The quantitative estimate of drug-likeness (QED) is 0.192. The summed E-state index contributed by atoms with van der Waals surface area (Å²) in [6.07, 6.45) is 8.14. The second-order valence-electron chi connectivity index (χ2n) is 9.45. The highest BCUT2D eigenvalue weighted by Crippen LogP contribution is 2.32. The molecule has 0 spiro atoms. The molecule has 38 heavy (non-hydrogen) atoms. The highest BCUT2D eigenvalue weighted by atomic mass is 14.8. The van der Waals surface area contributed by atoms with Crippen molar-refractivity contribution in [3.8, 4) is 22.3 Å². The molecule has 0 amide bonds. The lowest BCUT2D eigenvalue weighted by Crippen LogP contribution is -1.88. The van der Waals surface area contributed by atoms with E-state index in [-0.39, 0.29) is 0 Å². The molecular weight excluding hydrogens is 468 g/mol. The Hall–Kier alpha value is -5.36. The van der Waals surface area contributed by atoms with E-state index in [1.54, 1.807) is 0 Å².